The van der Waals surface area contributed by atoms with E-state index in [1.165, 1.54) is 0 Å². The molecule has 13 nitrogen and oxygen atoms in total. The van der Waals surface area contributed by atoms with Crippen LogP contribution in [-0.4, -0.2) is 58.0 Å². The summed E-state index contributed by atoms with van der Waals surface area (Å²) in [6.07, 6.45) is 0. The Morgan fingerprint density at radius 2 is 1.21 bits per heavy atom. The first-order chi connectivity index (χ1) is 8.40. The Bertz CT molecular complexity index is 511. The van der Waals surface area contributed by atoms with Gasteiger partial charge in [0.25, 0.3) is 0 Å². The third-order valence-electron chi connectivity index (χ3n) is 1.41. The molecule has 0 aliphatic carbocycles. The van der Waals surface area contributed by atoms with Gasteiger partial charge in [-0.1, -0.05) is 0 Å². The number of hydrogen-bond acceptors (Lipinski definition) is 8. The highest BCUT2D eigenvalue weighted by Crippen LogP contribution is 1.91. The van der Waals surface area contributed by atoms with Gasteiger partial charge in [0.15, 0.2) is 0 Å². The van der Waals surface area contributed by atoms with Gasteiger partial charge in [-0.15, -0.1) is 10.2 Å². The Morgan fingerprint density at radius 1 is 0.895 bits per heavy atom. The number of anilines is 2. The summed E-state index contributed by atoms with van der Waals surface area (Å²) in [7, 11) is 0. The van der Waals surface area contributed by atoms with Crippen molar-refractivity contribution in [3.63, 3.8) is 0 Å². The fraction of sp³-hybridized carbons (Fsp3) is 0. The van der Waals surface area contributed by atoms with Gasteiger partial charge >= 0.3 is 11.9 Å². The number of carboxylic acids is 2. The zero-order valence-corrected chi connectivity index (χ0v) is 9.15. The van der Waals surface area contributed by atoms with Crippen LogP contribution in [0.1, 0.15) is 21.2 Å². The molecule has 0 atom stereocenters. The molecule has 0 saturated heterocycles. The number of hydrogen-bond donors (Lipinski definition) is 6. The summed E-state index contributed by atoms with van der Waals surface area (Å²) in [5, 5.41) is 27.3. The lowest BCUT2D eigenvalue weighted by Gasteiger charge is -1.77. The molecule has 0 radical (unpaired) electrons. The molecule has 0 aliphatic rings. The molecule has 0 fully saturated rings. The predicted octanol–water partition coefficient (Wildman–Crippen LogP) is -2.65. The van der Waals surface area contributed by atoms with Gasteiger partial charge in [0.05, 0.1) is 0 Å². The summed E-state index contributed by atoms with van der Waals surface area (Å²) >= 11 is 0. The first-order valence-electron chi connectivity index (χ1n) is 4.22. The van der Waals surface area contributed by atoms with Gasteiger partial charge in [0.2, 0.25) is 23.5 Å². The maximum Gasteiger partial charge on any atom is 0.373 e. The topological polar surface area (TPSA) is 241 Å². The van der Waals surface area contributed by atoms with E-state index in [1.807, 2.05) is 0 Å². The van der Waals surface area contributed by atoms with E-state index in [0.717, 1.165) is 0 Å². The first kappa shape index (κ1) is 15.8. The van der Waals surface area contributed by atoms with Crippen LogP contribution in [0.2, 0.25) is 0 Å². The van der Waals surface area contributed by atoms with E-state index < -0.39 is 11.9 Å². The summed E-state index contributed by atoms with van der Waals surface area (Å²) in [6, 6.07) is 0. The van der Waals surface area contributed by atoms with Crippen molar-refractivity contribution in [2.45, 2.75) is 0 Å². The molecule has 13 heteroatoms. The number of nitrogens with one attached hydrogen (secondary N) is 2. The minimum absolute atomic E-state index is 0. The summed E-state index contributed by atoms with van der Waals surface area (Å²) in [4.78, 5) is 26.7. The third kappa shape index (κ3) is 4.65. The maximum atomic E-state index is 10.0. The molecule has 2 heterocycles. The molecular weight excluding hydrogens is 264 g/mol. The Morgan fingerprint density at radius 3 is 1.32 bits per heavy atom. The van der Waals surface area contributed by atoms with Crippen LogP contribution in [0.4, 0.5) is 11.9 Å². The highest BCUT2D eigenvalue weighted by molar-refractivity contribution is 5.83. The minimum atomic E-state index is -1.17. The molecule has 19 heavy (non-hydrogen) atoms. The number of carboxylic acid groups (broad SMARTS) is 2. The second-order valence-electron chi connectivity index (χ2n) is 2.69. The van der Waals surface area contributed by atoms with E-state index in [4.69, 9.17) is 21.7 Å². The Kier molecular flexibility index (Phi) is 5.40. The fourth-order valence-corrected chi connectivity index (χ4v) is 0.741. The normalized spacial score (nSPS) is 8.84. The number of carbonyl (C=O) groups is 2. The van der Waals surface area contributed by atoms with Crippen LogP contribution < -0.4 is 11.5 Å². The Labute approximate surface area is 104 Å². The van der Waals surface area contributed by atoms with E-state index in [-0.39, 0.29) is 29.0 Å². The molecule has 0 amide bonds. The molecule has 0 spiro atoms. The van der Waals surface area contributed by atoms with E-state index in [2.05, 4.69) is 30.4 Å². The quantitative estimate of drug-likeness (QED) is 0.331. The number of aromatic amines is 2. The van der Waals surface area contributed by atoms with E-state index in [0.29, 0.717) is 0 Å². The molecule has 0 aliphatic heterocycles. The lowest BCUT2D eigenvalue weighted by Crippen LogP contribution is -1.98. The fourth-order valence-electron chi connectivity index (χ4n) is 0.741. The molecular formula is C6H10N8O5. The summed E-state index contributed by atoms with van der Waals surface area (Å²) in [5.41, 5.74) is 10.00. The molecule has 2 rings (SSSR count). The van der Waals surface area contributed by atoms with Crippen molar-refractivity contribution < 1.29 is 25.3 Å². The Balaban J connectivity index is 0.000000324. The molecule has 10 N–H and O–H groups in total. The number of nitrogen functional groups attached to an aromatic ring is 2. The molecule has 2 aromatic heterocycles. The van der Waals surface area contributed by atoms with Crippen LogP contribution in [0.3, 0.4) is 0 Å². The molecule has 0 bridgehead atoms. The van der Waals surface area contributed by atoms with Gasteiger partial charge in [0, 0.05) is 0 Å². The highest BCUT2D eigenvalue weighted by Gasteiger charge is 2.06. The van der Waals surface area contributed by atoms with Gasteiger partial charge in [-0.2, -0.15) is 9.97 Å². The number of rotatable bonds is 2. The van der Waals surface area contributed by atoms with Crippen LogP contribution in [0.5, 0.6) is 0 Å². The minimum Gasteiger partial charge on any atom is -0.475 e. The van der Waals surface area contributed by atoms with E-state index in [1.54, 1.807) is 0 Å². The van der Waals surface area contributed by atoms with Crippen LogP contribution >= 0.6 is 0 Å². The highest BCUT2D eigenvalue weighted by atomic mass is 16.4. The number of aromatic nitrogens is 6. The standard InChI is InChI=1S/2C3H4N4O2.H2O/c2*4-3-5-1(2(8)9)6-7-3;/h2*(H,8,9)(H3,4,5,6,7);1H2. The molecule has 104 valence electrons. The van der Waals surface area contributed by atoms with Crippen molar-refractivity contribution in [2.75, 3.05) is 11.5 Å². The first-order valence-corrected chi connectivity index (χ1v) is 4.22. The average molecular weight is 274 g/mol. The number of nitrogens with two attached hydrogens (primary N) is 2. The molecule has 0 aromatic carbocycles. The van der Waals surface area contributed by atoms with Crippen LogP contribution in [-0.2, 0) is 0 Å². The maximum absolute atomic E-state index is 10.0. The number of nitrogens with zero attached hydrogens (tertiary/aromatic N) is 4. The monoisotopic (exact) mass is 274 g/mol. The zero-order chi connectivity index (χ0) is 13.7. The van der Waals surface area contributed by atoms with Crippen LogP contribution in [0, 0.1) is 0 Å². The van der Waals surface area contributed by atoms with Crippen molar-refractivity contribution in [1.29, 1.82) is 0 Å². The number of H-pyrrole nitrogens is 2. The second kappa shape index (κ2) is 6.50. The largest absolute Gasteiger partial charge is 0.475 e. The van der Waals surface area contributed by atoms with Gasteiger partial charge in [-0.25, -0.2) is 9.59 Å². The second-order valence-corrected chi connectivity index (χ2v) is 2.69. The van der Waals surface area contributed by atoms with Crippen LogP contribution in [0.25, 0.3) is 0 Å². The van der Waals surface area contributed by atoms with E-state index >= 15 is 0 Å². The van der Waals surface area contributed by atoms with Gasteiger partial charge in [-0.3, -0.25) is 10.2 Å². The average Bonchev–Trinajstić information content (AvgIpc) is 2.88. The summed E-state index contributed by atoms with van der Waals surface area (Å²) in [6.45, 7) is 0. The van der Waals surface area contributed by atoms with Crippen molar-refractivity contribution in [3.05, 3.63) is 11.6 Å². The van der Waals surface area contributed by atoms with Gasteiger partial charge in [0.1, 0.15) is 0 Å². The van der Waals surface area contributed by atoms with Crippen molar-refractivity contribution in [1.82, 2.24) is 30.4 Å². The summed E-state index contributed by atoms with van der Waals surface area (Å²) < 4.78 is 0. The summed E-state index contributed by atoms with van der Waals surface area (Å²) in [5.74, 6) is -2.95. The van der Waals surface area contributed by atoms with Crippen molar-refractivity contribution in [3.8, 4) is 0 Å². The van der Waals surface area contributed by atoms with Crippen molar-refractivity contribution in [2.24, 2.45) is 0 Å². The molecule has 0 saturated carbocycles. The van der Waals surface area contributed by atoms with Crippen LogP contribution in [0.15, 0.2) is 0 Å². The van der Waals surface area contributed by atoms with Crippen molar-refractivity contribution >= 4 is 23.8 Å². The third-order valence-corrected chi connectivity index (χ3v) is 1.41. The SMILES string of the molecule is Nc1n[nH]c(C(=O)O)n1.Nc1n[nH]c(C(=O)O)n1.O. The molecule has 0 unspecified atom stereocenters. The van der Waals surface area contributed by atoms with E-state index in [9.17, 15) is 9.59 Å². The predicted molar refractivity (Wildman–Crippen MR) is 59.1 cm³/mol. The van der Waals surface area contributed by atoms with Gasteiger partial charge < -0.3 is 27.2 Å². The lowest BCUT2D eigenvalue weighted by molar-refractivity contribution is 0.0673. The Hall–Kier alpha value is -3.22. The smallest absolute Gasteiger partial charge is 0.373 e. The lowest BCUT2D eigenvalue weighted by atomic mass is 10.6. The van der Waals surface area contributed by atoms with Gasteiger partial charge in [-0.05, 0) is 0 Å². The molecule has 2 aromatic rings. The number of aromatic carboxylic acids is 2. The zero-order valence-electron chi connectivity index (χ0n) is 9.15.